The van der Waals surface area contributed by atoms with Crippen LogP contribution in [0.4, 0.5) is 5.13 Å². The Bertz CT molecular complexity index is 770. The van der Waals surface area contributed by atoms with Gasteiger partial charge in [-0.05, 0) is 25.5 Å². The van der Waals surface area contributed by atoms with Gasteiger partial charge in [0, 0.05) is 17.0 Å². The zero-order chi connectivity index (χ0) is 18.8. The summed E-state index contributed by atoms with van der Waals surface area (Å²) in [5, 5.41) is 4.85. The highest BCUT2D eigenvalue weighted by atomic mass is 32.1. The Balaban J connectivity index is 1.94. The van der Waals surface area contributed by atoms with Crippen LogP contribution >= 0.6 is 11.3 Å². The highest BCUT2D eigenvalue weighted by Gasteiger charge is 2.09. The third kappa shape index (κ3) is 6.33. The molecule has 0 spiro atoms. The molecule has 2 rings (SSSR count). The van der Waals surface area contributed by atoms with E-state index in [1.165, 1.54) is 17.4 Å². The summed E-state index contributed by atoms with van der Waals surface area (Å²) >= 11 is 1.26. The molecule has 0 aliphatic heterocycles. The van der Waals surface area contributed by atoms with E-state index in [4.69, 9.17) is 9.47 Å². The van der Waals surface area contributed by atoms with Gasteiger partial charge in [0.05, 0.1) is 25.3 Å². The first-order valence-electron chi connectivity index (χ1n) is 8.43. The fourth-order valence-electron chi connectivity index (χ4n) is 2.08. The van der Waals surface area contributed by atoms with E-state index in [0.29, 0.717) is 24.0 Å². The minimum atomic E-state index is -0.334. The lowest BCUT2D eigenvalue weighted by Crippen LogP contribution is -2.09. The summed E-state index contributed by atoms with van der Waals surface area (Å²) in [5.74, 6) is 0.107. The summed E-state index contributed by atoms with van der Waals surface area (Å²) in [6.45, 7) is 4.75. The molecule has 6 nitrogen and oxygen atoms in total. The molecule has 2 aromatic rings. The lowest BCUT2D eigenvalue weighted by Gasteiger charge is -2.07. The number of aromatic nitrogens is 1. The number of ether oxygens (including phenoxy) is 2. The van der Waals surface area contributed by atoms with Crippen molar-refractivity contribution in [2.45, 2.75) is 26.7 Å². The topological polar surface area (TPSA) is 77.5 Å². The minimum Gasteiger partial charge on any atom is -0.493 e. The fourth-order valence-corrected chi connectivity index (χ4v) is 2.79. The lowest BCUT2D eigenvalue weighted by molar-refractivity contribution is -0.142. The first-order valence-corrected chi connectivity index (χ1v) is 9.31. The van der Waals surface area contributed by atoms with E-state index in [1.807, 2.05) is 31.2 Å². The zero-order valence-electron chi connectivity index (χ0n) is 14.9. The van der Waals surface area contributed by atoms with Crippen LogP contribution in [-0.4, -0.2) is 30.1 Å². The molecule has 0 bridgehead atoms. The molecule has 26 heavy (non-hydrogen) atoms. The lowest BCUT2D eigenvalue weighted by atomic mass is 10.2. The van der Waals surface area contributed by atoms with Crippen molar-refractivity contribution in [1.29, 1.82) is 0 Å². The second kappa shape index (κ2) is 10.4. The van der Waals surface area contributed by atoms with Crippen molar-refractivity contribution in [2.24, 2.45) is 0 Å². The van der Waals surface area contributed by atoms with Gasteiger partial charge in [-0.25, -0.2) is 4.98 Å². The smallest absolute Gasteiger partial charge is 0.311 e. The number of hydrogen-bond acceptors (Lipinski definition) is 6. The highest BCUT2D eigenvalue weighted by molar-refractivity contribution is 7.14. The fraction of sp³-hybridized carbons (Fsp3) is 0.316. The van der Waals surface area contributed by atoms with Gasteiger partial charge < -0.3 is 9.47 Å². The zero-order valence-corrected chi connectivity index (χ0v) is 15.7. The summed E-state index contributed by atoms with van der Waals surface area (Å²) in [5.41, 5.74) is 1.41. The summed E-state index contributed by atoms with van der Waals surface area (Å²) in [6, 6.07) is 7.53. The van der Waals surface area contributed by atoms with E-state index in [2.05, 4.69) is 10.3 Å². The number of carbonyl (C=O) groups is 2. The van der Waals surface area contributed by atoms with E-state index in [9.17, 15) is 9.59 Å². The number of benzene rings is 1. The predicted octanol–water partition coefficient (Wildman–Crippen LogP) is 3.69. The number of hydrogen-bond donors (Lipinski definition) is 1. The number of nitrogens with zero attached hydrogens (tertiary/aromatic N) is 1. The normalized spacial score (nSPS) is 10.7. The maximum Gasteiger partial charge on any atom is 0.311 e. The highest BCUT2D eigenvalue weighted by Crippen LogP contribution is 2.20. The molecule has 0 fully saturated rings. The van der Waals surface area contributed by atoms with Gasteiger partial charge in [0.15, 0.2) is 5.13 Å². The molecule has 1 aromatic carbocycles. The van der Waals surface area contributed by atoms with Gasteiger partial charge in [0.1, 0.15) is 5.75 Å². The van der Waals surface area contributed by atoms with Crippen molar-refractivity contribution in [3.8, 4) is 5.75 Å². The maximum absolute atomic E-state index is 12.1. The van der Waals surface area contributed by atoms with Gasteiger partial charge >= 0.3 is 5.97 Å². The van der Waals surface area contributed by atoms with Gasteiger partial charge in [0.2, 0.25) is 5.91 Å². The van der Waals surface area contributed by atoms with Crippen LogP contribution in [0.2, 0.25) is 0 Å². The van der Waals surface area contributed by atoms with Crippen LogP contribution in [0.1, 0.15) is 31.5 Å². The maximum atomic E-state index is 12.1. The van der Waals surface area contributed by atoms with Gasteiger partial charge in [-0.2, -0.15) is 0 Å². The molecule has 0 atom stereocenters. The molecule has 1 heterocycles. The summed E-state index contributed by atoms with van der Waals surface area (Å²) in [7, 11) is 0. The number of para-hydroxylation sites is 1. The number of thiazole rings is 1. The van der Waals surface area contributed by atoms with Crippen LogP contribution < -0.4 is 10.1 Å². The average Bonchev–Trinajstić information content (AvgIpc) is 3.05. The van der Waals surface area contributed by atoms with Crippen molar-refractivity contribution in [1.82, 2.24) is 4.98 Å². The van der Waals surface area contributed by atoms with E-state index in [-0.39, 0.29) is 18.3 Å². The summed E-state index contributed by atoms with van der Waals surface area (Å²) in [4.78, 5) is 27.7. The summed E-state index contributed by atoms with van der Waals surface area (Å²) < 4.78 is 10.5. The van der Waals surface area contributed by atoms with Crippen molar-refractivity contribution in [2.75, 3.05) is 18.5 Å². The summed E-state index contributed by atoms with van der Waals surface area (Å²) in [6.07, 6.45) is 4.14. The monoisotopic (exact) mass is 374 g/mol. The Kier molecular flexibility index (Phi) is 7.82. The molecule has 0 aliphatic rings. The van der Waals surface area contributed by atoms with Crippen LogP contribution in [0.25, 0.3) is 6.08 Å². The van der Waals surface area contributed by atoms with E-state index in [1.54, 1.807) is 18.4 Å². The second-order valence-electron chi connectivity index (χ2n) is 5.33. The van der Waals surface area contributed by atoms with Crippen LogP contribution in [0.15, 0.2) is 35.7 Å². The van der Waals surface area contributed by atoms with Gasteiger partial charge in [-0.1, -0.05) is 25.1 Å². The van der Waals surface area contributed by atoms with Gasteiger partial charge in [-0.15, -0.1) is 11.3 Å². The Morgan fingerprint density at radius 2 is 2.08 bits per heavy atom. The van der Waals surface area contributed by atoms with Crippen LogP contribution in [0, 0.1) is 0 Å². The first kappa shape index (κ1) is 19.7. The largest absolute Gasteiger partial charge is 0.493 e. The predicted molar refractivity (Wildman–Crippen MR) is 102 cm³/mol. The quantitative estimate of drug-likeness (QED) is 0.535. The van der Waals surface area contributed by atoms with Gasteiger partial charge in [-0.3, -0.25) is 14.9 Å². The van der Waals surface area contributed by atoms with Crippen LogP contribution in [-0.2, 0) is 20.7 Å². The molecule has 1 aromatic heterocycles. The first-order chi connectivity index (χ1) is 12.6. The number of rotatable bonds is 9. The molecule has 0 unspecified atom stereocenters. The molecule has 0 aliphatic carbocycles. The molecule has 7 heteroatoms. The van der Waals surface area contributed by atoms with Crippen molar-refractivity contribution in [3.05, 3.63) is 47.0 Å². The third-order valence-electron chi connectivity index (χ3n) is 3.21. The average molecular weight is 374 g/mol. The number of amides is 1. The Morgan fingerprint density at radius 1 is 1.27 bits per heavy atom. The molecule has 1 N–H and O–H groups in total. The molecule has 1 amide bonds. The van der Waals surface area contributed by atoms with E-state index < -0.39 is 0 Å². The third-order valence-corrected chi connectivity index (χ3v) is 4.01. The van der Waals surface area contributed by atoms with Crippen LogP contribution in [0.5, 0.6) is 5.75 Å². The minimum absolute atomic E-state index is 0.0954. The second-order valence-corrected chi connectivity index (χ2v) is 6.19. The Hall–Kier alpha value is -2.67. The standard InChI is InChI=1S/C19H22N2O4S/c1-3-11-25-16-8-6-5-7-14(16)9-10-17(22)21-19-20-15(13-26-19)12-18(23)24-4-2/h5-10,13H,3-4,11-12H2,1-2H3,(H,20,21,22). The number of carbonyl (C=O) groups excluding carboxylic acids is 2. The van der Waals surface area contributed by atoms with Crippen molar-refractivity contribution < 1.29 is 19.1 Å². The van der Waals surface area contributed by atoms with E-state index in [0.717, 1.165) is 17.7 Å². The molecular formula is C19H22N2O4S. The molecule has 138 valence electrons. The molecule has 0 saturated carbocycles. The van der Waals surface area contributed by atoms with E-state index >= 15 is 0 Å². The molecule has 0 saturated heterocycles. The van der Waals surface area contributed by atoms with Crippen molar-refractivity contribution in [3.63, 3.8) is 0 Å². The van der Waals surface area contributed by atoms with Gasteiger partial charge in [0.25, 0.3) is 0 Å². The molecule has 0 radical (unpaired) electrons. The van der Waals surface area contributed by atoms with Crippen LogP contribution in [0.3, 0.4) is 0 Å². The van der Waals surface area contributed by atoms with Crippen molar-refractivity contribution >= 4 is 34.4 Å². The Labute approximate surface area is 156 Å². The number of nitrogens with one attached hydrogen (secondary N) is 1. The molecular weight excluding hydrogens is 352 g/mol. The SMILES string of the molecule is CCCOc1ccccc1C=CC(=O)Nc1nc(CC(=O)OCC)cs1. The number of anilines is 1. The Morgan fingerprint density at radius 3 is 2.85 bits per heavy atom. The number of esters is 1.